The van der Waals surface area contributed by atoms with Gasteiger partial charge in [-0.1, -0.05) is 38.1 Å². The van der Waals surface area contributed by atoms with Gasteiger partial charge in [0, 0.05) is 26.7 Å². The Morgan fingerprint density at radius 2 is 1.84 bits per heavy atom. The molecule has 0 amide bonds. The van der Waals surface area contributed by atoms with Gasteiger partial charge in [-0.15, -0.1) is 24.0 Å². The molecule has 0 aromatic heterocycles. The predicted molar refractivity (Wildman–Crippen MR) is 116 cm³/mol. The van der Waals surface area contributed by atoms with Crippen molar-refractivity contribution in [1.29, 1.82) is 0 Å². The van der Waals surface area contributed by atoms with Crippen molar-refractivity contribution >= 4 is 40.0 Å². The fraction of sp³-hybridized carbons (Fsp3) is 0.588. The highest BCUT2D eigenvalue weighted by Crippen LogP contribution is 2.16. The van der Waals surface area contributed by atoms with E-state index in [1.165, 1.54) is 15.4 Å². The highest BCUT2D eigenvalue weighted by atomic mass is 127. The number of rotatable bonds is 8. The van der Waals surface area contributed by atoms with E-state index in [9.17, 15) is 8.42 Å². The molecular formula is C17H31IN4O2S. The van der Waals surface area contributed by atoms with Crippen LogP contribution in [0.3, 0.4) is 0 Å². The van der Waals surface area contributed by atoms with Crippen LogP contribution in [0, 0.1) is 6.92 Å². The molecule has 0 aliphatic heterocycles. The van der Waals surface area contributed by atoms with Gasteiger partial charge in [0.05, 0.1) is 11.8 Å². The molecule has 1 rings (SSSR count). The Kier molecular flexibility index (Phi) is 11.3. The molecule has 1 aromatic carbocycles. The number of guanidine groups is 1. The van der Waals surface area contributed by atoms with Crippen molar-refractivity contribution in [3.05, 3.63) is 35.4 Å². The van der Waals surface area contributed by atoms with E-state index in [1.54, 1.807) is 7.05 Å². The van der Waals surface area contributed by atoms with Crippen LogP contribution in [0.5, 0.6) is 0 Å². The zero-order valence-corrected chi connectivity index (χ0v) is 18.9. The first-order valence-electron chi connectivity index (χ1n) is 8.36. The monoisotopic (exact) mass is 482 g/mol. The number of nitrogens with one attached hydrogen (secondary N) is 2. The van der Waals surface area contributed by atoms with Gasteiger partial charge in [-0.2, -0.15) is 0 Å². The highest BCUT2D eigenvalue weighted by Gasteiger charge is 2.18. The van der Waals surface area contributed by atoms with E-state index in [-0.39, 0.29) is 35.8 Å². The van der Waals surface area contributed by atoms with E-state index in [4.69, 9.17) is 0 Å². The minimum atomic E-state index is -3.23. The first kappa shape index (κ1) is 24.1. The summed E-state index contributed by atoms with van der Waals surface area (Å²) in [6.07, 6.45) is 0. The smallest absolute Gasteiger partial charge is 0.215 e. The molecule has 0 heterocycles. The quantitative estimate of drug-likeness (QED) is 0.339. The number of hydrogen-bond donors (Lipinski definition) is 2. The summed E-state index contributed by atoms with van der Waals surface area (Å²) in [7, 11) is -1.55. The molecule has 25 heavy (non-hydrogen) atoms. The standard InChI is InChI=1S/C17H30N4O2S.HI/c1-6-21(7-2)24(22,23)13-12-19-17(18-5)20-15(4)16-11-9-8-10-14(16)3;/h8-11,15H,6-7,12-13H2,1-5H3,(H2,18,19,20);1H. The van der Waals surface area contributed by atoms with Crippen LogP contribution in [-0.4, -0.2) is 51.1 Å². The fourth-order valence-corrected chi connectivity index (χ4v) is 4.00. The Labute approximate surface area is 169 Å². The molecule has 1 aromatic rings. The third-order valence-corrected chi connectivity index (χ3v) is 6.01. The van der Waals surface area contributed by atoms with E-state index in [2.05, 4.69) is 41.6 Å². The zero-order valence-electron chi connectivity index (χ0n) is 15.7. The van der Waals surface area contributed by atoms with Crippen molar-refractivity contribution in [1.82, 2.24) is 14.9 Å². The second-order valence-corrected chi connectivity index (χ2v) is 7.71. The summed E-state index contributed by atoms with van der Waals surface area (Å²) in [6, 6.07) is 8.24. The minimum absolute atomic E-state index is 0. The summed E-state index contributed by atoms with van der Waals surface area (Å²) in [6.45, 7) is 9.13. The Morgan fingerprint density at radius 1 is 1.24 bits per heavy atom. The van der Waals surface area contributed by atoms with Crippen LogP contribution in [0.25, 0.3) is 0 Å². The lowest BCUT2D eigenvalue weighted by Crippen LogP contribution is -2.42. The van der Waals surface area contributed by atoms with Crippen LogP contribution in [-0.2, 0) is 10.0 Å². The second kappa shape index (κ2) is 11.7. The summed E-state index contributed by atoms with van der Waals surface area (Å²) in [5.41, 5.74) is 2.40. The van der Waals surface area contributed by atoms with E-state index in [1.807, 2.05) is 26.0 Å². The summed E-state index contributed by atoms with van der Waals surface area (Å²) in [5, 5.41) is 6.38. The number of aliphatic imine (C=N–C) groups is 1. The van der Waals surface area contributed by atoms with Crippen molar-refractivity contribution in [2.45, 2.75) is 33.7 Å². The summed E-state index contributed by atoms with van der Waals surface area (Å²) in [4.78, 5) is 4.17. The summed E-state index contributed by atoms with van der Waals surface area (Å²) in [5.74, 6) is 0.647. The molecule has 0 aliphatic carbocycles. The second-order valence-electron chi connectivity index (χ2n) is 5.62. The highest BCUT2D eigenvalue weighted by molar-refractivity contribution is 14.0. The van der Waals surface area contributed by atoms with Crippen molar-refractivity contribution in [3.8, 4) is 0 Å². The van der Waals surface area contributed by atoms with Crippen LogP contribution in [0.1, 0.15) is 37.9 Å². The Bertz CT molecular complexity index is 646. The number of nitrogens with zero attached hydrogens (tertiary/aromatic N) is 2. The Balaban J connectivity index is 0.00000576. The van der Waals surface area contributed by atoms with Crippen LogP contribution >= 0.6 is 24.0 Å². The van der Waals surface area contributed by atoms with Gasteiger partial charge in [-0.05, 0) is 25.0 Å². The lowest BCUT2D eigenvalue weighted by molar-refractivity contribution is 0.445. The molecular weight excluding hydrogens is 451 g/mol. The summed E-state index contributed by atoms with van der Waals surface area (Å²) < 4.78 is 25.8. The normalized spacial score (nSPS) is 13.3. The van der Waals surface area contributed by atoms with Crippen molar-refractivity contribution in [3.63, 3.8) is 0 Å². The third-order valence-electron chi connectivity index (χ3n) is 3.98. The topological polar surface area (TPSA) is 73.8 Å². The number of hydrogen-bond acceptors (Lipinski definition) is 3. The molecule has 6 nitrogen and oxygen atoms in total. The molecule has 0 fully saturated rings. The van der Waals surface area contributed by atoms with E-state index >= 15 is 0 Å². The Hall–Kier alpha value is -0.870. The molecule has 0 bridgehead atoms. The molecule has 0 saturated carbocycles. The van der Waals surface area contributed by atoms with E-state index in [0.717, 1.165) is 0 Å². The third kappa shape index (κ3) is 7.49. The van der Waals surface area contributed by atoms with E-state index < -0.39 is 10.0 Å². The molecule has 144 valence electrons. The lowest BCUT2D eigenvalue weighted by Gasteiger charge is -2.21. The first-order valence-corrected chi connectivity index (χ1v) is 9.97. The van der Waals surface area contributed by atoms with Crippen molar-refractivity contribution in [2.24, 2.45) is 4.99 Å². The first-order chi connectivity index (χ1) is 11.4. The average Bonchev–Trinajstić information content (AvgIpc) is 2.54. The number of halogens is 1. The molecule has 8 heteroatoms. The maximum absolute atomic E-state index is 12.2. The molecule has 2 N–H and O–H groups in total. The number of aryl methyl sites for hydroxylation is 1. The van der Waals surface area contributed by atoms with Gasteiger partial charge in [0.25, 0.3) is 0 Å². The maximum atomic E-state index is 12.2. The molecule has 0 aliphatic rings. The SMILES string of the molecule is CCN(CC)S(=O)(=O)CCNC(=NC)NC(C)c1ccccc1C.I. The van der Waals surface area contributed by atoms with Crippen molar-refractivity contribution in [2.75, 3.05) is 32.4 Å². The van der Waals surface area contributed by atoms with Gasteiger partial charge < -0.3 is 10.6 Å². The van der Waals surface area contributed by atoms with Gasteiger partial charge in [0.1, 0.15) is 0 Å². The van der Waals surface area contributed by atoms with Crippen LogP contribution in [0.15, 0.2) is 29.3 Å². The molecule has 0 radical (unpaired) electrons. The fourth-order valence-electron chi connectivity index (χ4n) is 2.59. The Morgan fingerprint density at radius 3 is 2.36 bits per heavy atom. The van der Waals surface area contributed by atoms with Crippen molar-refractivity contribution < 1.29 is 8.42 Å². The maximum Gasteiger partial charge on any atom is 0.215 e. The average molecular weight is 482 g/mol. The number of benzene rings is 1. The molecule has 1 atom stereocenters. The minimum Gasteiger partial charge on any atom is -0.355 e. The predicted octanol–water partition coefficient (Wildman–Crippen LogP) is 2.51. The molecule has 0 saturated heterocycles. The van der Waals surface area contributed by atoms with E-state index in [0.29, 0.717) is 25.6 Å². The molecule has 1 unspecified atom stereocenters. The molecule has 0 spiro atoms. The number of sulfonamides is 1. The van der Waals surface area contributed by atoms with Gasteiger partial charge in [0.15, 0.2) is 5.96 Å². The largest absolute Gasteiger partial charge is 0.355 e. The van der Waals surface area contributed by atoms with Crippen LogP contribution in [0.4, 0.5) is 0 Å². The summed E-state index contributed by atoms with van der Waals surface area (Å²) >= 11 is 0. The van der Waals surface area contributed by atoms with Gasteiger partial charge in [0.2, 0.25) is 10.0 Å². The van der Waals surface area contributed by atoms with Gasteiger partial charge >= 0.3 is 0 Å². The van der Waals surface area contributed by atoms with Gasteiger partial charge in [-0.3, -0.25) is 4.99 Å². The zero-order chi connectivity index (χ0) is 18.2. The lowest BCUT2D eigenvalue weighted by atomic mass is 10.0. The van der Waals surface area contributed by atoms with Crippen LogP contribution in [0.2, 0.25) is 0 Å². The van der Waals surface area contributed by atoms with Gasteiger partial charge in [-0.25, -0.2) is 12.7 Å². The van der Waals surface area contributed by atoms with Crippen LogP contribution < -0.4 is 10.6 Å².